The summed E-state index contributed by atoms with van der Waals surface area (Å²) in [6, 6.07) is 4.87. The summed E-state index contributed by atoms with van der Waals surface area (Å²) < 4.78 is 11.0. The third-order valence-electron chi connectivity index (χ3n) is 7.62. The summed E-state index contributed by atoms with van der Waals surface area (Å²) in [6.45, 7) is 1.97. The Hall–Kier alpha value is -3.05. The molecule has 1 spiro atoms. The third-order valence-corrected chi connectivity index (χ3v) is 7.93. The number of fused-ring (bicyclic) bond motifs is 1. The van der Waals surface area contributed by atoms with Crippen LogP contribution in [0.2, 0.25) is 5.02 Å². The van der Waals surface area contributed by atoms with Crippen molar-refractivity contribution in [1.82, 2.24) is 20.3 Å². The molecule has 0 bridgehead atoms. The summed E-state index contributed by atoms with van der Waals surface area (Å²) in [5, 5.41) is 16.5. The van der Waals surface area contributed by atoms with Gasteiger partial charge in [-0.3, -0.25) is 9.59 Å². The van der Waals surface area contributed by atoms with Crippen molar-refractivity contribution in [3.8, 4) is 0 Å². The molecule has 10 nitrogen and oxygen atoms in total. The zero-order valence-corrected chi connectivity index (χ0v) is 20.9. The van der Waals surface area contributed by atoms with Gasteiger partial charge in [0.05, 0.1) is 54.5 Å². The normalized spacial score (nSPS) is 22.9. The molecule has 1 saturated carbocycles. The number of carbonyl (C=O) groups is 2. The molecule has 3 aromatic rings. The van der Waals surface area contributed by atoms with Crippen LogP contribution in [0.4, 0.5) is 5.82 Å². The molecule has 2 aliphatic heterocycles. The molecule has 37 heavy (non-hydrogen) atoms. The fourth-order valence-electron chi connectivity index (χ4n) is 5.48. The number of aromatic nitrogens is 3. The molecule has 3 aliphatic rings. The monoisotopic (exact) mass is 525 g/mol. The van der Waals surface area contributed by atoms with E-state index in [1.165, 1.54) is 12.4 Å². The number of aromatic amines is 1. The molecule has 4 heterocycles. The number of nitrogens with zero attached hydrogens (tertiary/aromatic N) is 2. The highest BCUT2D eigenvalue weighted by molar-refractivity contribution is 6.36. The number of aliphatic hydroxyl groups is 1. The van der Waals surface area contributed by atoms with E-state index in [4.69, 9.17) is 21.1 Å². The van der Waals surface area contributed by atoms with Gasteiger partial charge in [-0.05, 0) is 43.9 Å². The third kappa shape index (κ3) is 4.59. The van der Waals surface area contributed by atoms with Crippen LogP contribution in [0.5, 0.6) is 0 Å². The van der Waals surface area contributed by atoms with Crippen LogP contribution >= 0.6 is 11.6 Å². The van der Waals surface area contributed by atoms with E-state index in [-0.39, 0.29) is 52.5 Å². The molecule has 1 aliphatic carbocycles. The Kier molecular flexibility index (Phi) is 6.36. The van der Waals surface area contributed by atoms with Gasteiger partial charge in [0, 0.05) is 28.8 Å². The lowest BCUT2D eigenvalue weighted by molar-refractivity contribution is -0.165. The lowest BCUT2D eigenvalue weighted by Crippen LogP contribution is -2.59. The van der Waals surface area contributed by atoms with Crippen LogP contribution in [0.3, 0.4) is 0 Å². The first-order valence-corrected chi connectivity index (χ1v) is 12.9. The summed E-state index contributed by atoms with van der Waals surface area (Å²) in [4.78, 5) is 38.0. The van der Waals surface area contributed by atoms with Crippen LogP contribution in [0.25, 0.3) is 11.0 Å². The highest BCUT2D eigenvalue weighted by Gasteiger charge is 2.50. The van der Waals surface area contributed by atoms with Gasteiger partial charge >= 0.3 is 0 Å². The van der Waals surface area contributed by atoms with Gasteiger partial charge < -0.3 is 30.2 Å². The first kappa shape index (κ1) is 24.3. The highest BCUT2D eigenvalue weighted by Crippen LogP contribution is 2.46. The number of carbonyl (C=O) groups excluding carboxylic acids is 2. The maximum atomic E-state index is 13.5. The summed E-state index contributed by atoms with van der Waals surface area (Å²) in [6.07, 6.45) is 6.26. The number of halogens is 1. The SMILES string of the molecule is O=C(NC1CC2(COC2)C1)c1ccc(C(=O)c2c[nH]c3ncnc(N[C@@H]4CC[C@@H](CO)OC4)c23)c(Cl)c1. The number of hydrogen-bond donors (Lipinski definition) is 4. The van der Waals surface area contributed by atoms with E-state index in [1.54, 1.807) is 18.3 Å². The van der Waals surface area contributed by atoms with Gasteiger partial charge in [-0.15, -0.1) is 0 Å². The second kappa shape index (κ2) is 9.68. The molecule has 2 aromatic heterocycles. The Labute approximate surface area is 218 Å². The number of anilines is 1. The average molecular weight is 526 g/mol. The standard InChI is InChI=1S/C26H28ClN5O5/c27-20-5-14(25(35)32-16-6-26(7-16)11-36-12-26)1-4-18(20)22(34)19-8-28-23-21(19)24(30-13-29-23)31-15-2-3-17(9-33)37-10-15/h1,4-5,8,13,15-17,33H,2-3,6-7,9-12H2,(H,32,35)(H2,28,29,30,31)/t15-,17+/m1/s1. The average Bonchev–Trinajstić information content (AvgIpc) is 3.30. The van der Waals surface area contributed by atoms with Crippen LogP contribution in [-0.2, 0) is 9.47 Å². The van der Waals surface area contributed by atoms with Crippen molar-refractivity contribution >= 4 is 40.1 Å². The summed E-state index contributed by atoms with van der Waals surface area (Å²) >= 11 is 6.51. The first-order valence-electron chi connectivity index (χ1n) is 12.5. The van der Waals surface area contributed by atoms with Gasteiger partial charge in [-0.1, -0.05) is 11.6 Å². The quantitative estimate of drug-likeness (QED) is 0.345. The summed E-state index contributed by atoms with van der Waals surface area (Å²) in [7, 11) is 0. The zero-order chi connectivity index (χ0) is 25.6. The molecule has 3 fully saturated rings. The minimum atomic E-state index is -0.299. The Morgan fingerprint density at radius 1 is 1.16 bits per heavy atom. The second-order valence-electron chi connectivity index (χ2n) is 10.3. The Bertz CT molecular complexity index is 1340. The zero-order valence-electron chi connectivity index (χ0n) is 20.1. The van der Waals surface area contributed by atoms with Crippen LogP contribution in [0.1, 0.15) is 52.0 Å². The maximum Gasteiger partial charge on any atom is 0.251 e. The smallest absolute Gasteiger partial charge is 0.251 e. The molecule has 2 saturated heterocycles. The van der Waals surface area contributed by atoms with Gasteiger partial charge in [0.2, 0.25) is 0 Å². The molecule has 1 aromatic carbocycles. The summed E-state index contributed by atoms with van der Waals surface area (Å²) in [5.74, 6) is 0.0197. The molecule has 6 rings (SSSR count). The van der Waals surface area contributed by atoms with Crippen molar-refractivity contribution in [2.24, 2.45) is 5.41 Å². The van der Waals surface area contributed by atoms with Gasteiger partial charge in [0.1, 0.15) is 17.8 Å². The van der Waals surface area contributed by atoms with Crippen molar-refractivity contribution in [1.29, 1.82) is 0 Å². The van der Waals surface area contributed by atoms with Crippen molar-refractivity contribution in [2.45, 2.75) is 43.9 Å². The number of rotatable bonds is 7. The first-order chi connectivity index (χ1) is 17.9. The van der Waals surface area contributed by atoms with E-state index in [0.717, 1.165) is 38.9 Å². The molecule has 11 heteroatoms. The second-order valence-corrected chi connectivity index (χ2v) is 10.7. The highest BCUT2D eigenvalue weighted by atomic mass is 35.5. The van der Waals surface area contributed by atoms with Crippen LogP contribution < -0.4 is 10.6 Å². The number of hydrogen-bond acceptors (Lipinski definition) is 8. The Morgan fingerprint density at radius 2 is 2.00 bits per heavy atom. The van der Waals surface area contributed by atoms with E-state index >= 15 is 0 Å². The van der Waals surface area contributed by atoms with Crippen molar-refractivity contribution in [2.75, 3.05) is 31.7 Å². The molecular weight excluding hydrogens is 498 g/mol. The van der Waals surface area contributed by atoms with Gasteiger partial charge in [0.25, 0.3) is 5.91 Å². The molecule has 2 atom stereocenters. The van der Waals surface area contributed by atoms with E-state index in [1.807, 2.05) is 0 Å². The largest absolute Gasteiger partial charge is 0.394 e. The van der Waals surface area contributed by atoms with E-state index in [2.05, 4.69) is 25.6 Å². The molecule has 194 valence electrons. The van der Waals surface area contributed by atoms with Gasteiger partial charge in [-0.2, -0.15) is 0 Å². The van der Waals surface area contributed by atoms with Crippen molar-refractivity contribution in [3.05, 3.63) is 52.4 Å². The number of H-pyrrole nitrogens is 1. The van der Waals surface area contributed by atoms with Crippen molar-refractivity contribution in [3.63, 3.8) is 0 Å². The number of nitrogens with one attached hydrogen (secondary N) is 3. The fourth-order valence-corrected chi connectivity index (χ4v) is 5.74. The number of amides is 1. The predicted molar refractivity (Wildman–Crippen MR) is 136 cm³/mol. The number of benzene rings is 1. The van der Waals surface area contributed by atoms with Gasteiger partial charge in [-0.25, -0.2) is 9.97 Å². The number of ether oxygens (including phenoxy) is 2. The maximum absolute atomic E-state index is 13.5. The van der Waals surface area contributed by atoms with Crippen molar-refractivity contribution < 1.29 is 24.2 Å². The van der Waals surface area contributed by atoms with E-state index in [9.17, 15) is 14.7 Å². The lowest BCUT2D eigenvalue weighted by Gasteiger charge is -2.53. The van der Waals surface area contributed by atoms with Crippen LogP contribution in [0.15, 0.2) is 30.7 Å². The van der Waals surface area contributed by atoms with Crippen LogP contribution in [0, 0.1) is 5.41 Å². The summed E-state index contributed by atoms with van der Waals surface area (Å²) in [5.41, 5.74) is 1.86. The minimum absolute atomic E-state index is 0.00114. The Balaban J connectivity index is 1.19. The fraction of sp³-hybridized carbons (Fsp3) is 0.462. The molecular formula is C26H28ClN5O5. The topological polar surface area (TPSA) is 138 Å². The van der Waals surface area contributed by atoms with Crippen LogP contribution in [-0.4, -0.2) is 76.4 Å². The number of ketones is 1. The predicted octanol–water partition coefficient (Wildman–Crippen LogP) is 2.70. The van der Waals surface area contributed by atoms with Gasteiger partial charge in [0.15, 0.2) is 5.78 Å². The molecule has 0 radical (unpaired) electrons. The molecule has 1 amide bonds. The minimum Gasteiger partial charge on any atom is -0.394 e. The molecule has 4 N–H and O–H groups in total. The van der Waals surface area contributed by atoms with E-state index in [0.29, 0.717) is 34.6 Å². The lowest BCUT2D eigenvalue weighted by atomic mass is 9.64. The molecule has 0 unspecified atom stereocenters. The Morgan fingerprint density at radius 3 is 2.68 bits per heavy atom. The van der Waals surface area contributed by atoms with E-state index < -0.39 is 0 Å². The number of aliphatic hydroxyl groups excluding tert-OH is 1.